The van der Waals surface area contributed by atoms with Crippen molar-refractivity contribution < 1.29 is 19.0 Å². The van der Waals surface area contributed by atoms with Gasteiger partial charge in [0.05, 0.1) is 18.7 Å². The van der Waals surface area contributed by atoms with Crippen LogP contribution < -0.4 is 14.8 Å². The number of carbonyl (C=O) groups is 1. The maximum absolute atomic E-state index is 12.4. The summed E-state index contributed by atoms with van der Waals surface area (Å²) < 4.78 is 16.6. The SMILES string of the molecule is CCOCCOc1ccccc1C(=O)NCCOc1cc(C)cc(C)c1. The average molecular weight is 357 g/mol. The van der Waals surface area contributed by atoms with Gasteiger partial charge in [0.25, 0.3) is 5.91 Å². The lowest BCUT2D eigenvalue weighted by atomic mass is 10.1. The third kappa shape index (κ3) is 6.41. The molecule has 0 bridgehead atoms. The normalized spacial score (nSPS) is 10.4. The van der Waals surface area contributed by atoms with Gasteiger partial charge in [-0.05, 0) is 56.2 Å². The molecule has 0 aromatic heterocycles. The Hall–Kier alpha value is -2.53. The zero-order valence-corrected chi connectivity index (χ0v) is 15.7. The minimum absolute atomic E-state index is 0.180. The first-order chi connectivity index (χ1) is 12.6. The number of hydrogen-bond acceptors (Lipinski definition) is 4. The molecule has 0 saturated carbocycles. The highest BCUT2D eigenvalue weighted by molar-refractivity contribution is 5.96. The summed E-state index contributed by atoms with van der Waals surface area (Å²) in [5, 5.41) is 2.87. The van der Waals surface area contributed by atoms with Crippen molar-refractivity contribution in [1.29, 1.82) is 0 Å². The molecular weight excluding hydrogens is 330 g/mol. The van der Waals surface area contributed by atoms with E-state index in [2.05, 4.69) is 11.4 Å². The van der Waals surface area contributed by atoms with Crippen molar-refractivity contribution in [2.24, 2.45) is 0 Å². The molecule has 0 aliphatic rings. The fourth-order valence-electron chi connectivity index (χ4n) is 2.58. The molecule has 0 radical (unpaired) electrons. The minimum atomic E-state index is -0.180. The van der Waals surface area contributed by atoms with Crippen LogP contribution in [0.15, 0.2) is 42.5 Å². The van der Waals surface area contributed by atoms with E-state index in [1.807, 2.05) is 45.0 Å². The van der Waals surface area contributed by atoms with Gasteiger partial charge in [0.2, 0.25) is 0 Å². The maximum atomic E-state index is 12.4. The Bertz CT molecular complexity index is 695. The molecule has 0 heterocycles. The second-order valence-electron chi connectivity index (χ2n) is 5.97. The molecule has 1 amide bonds. The molecule has 0 aliphatic carbocycles. The first kappa shape index (κ1) is 19.8. The predicted molar refractivity (Wildman–Crippen MR) is 102 cm³/mol. The van der Waals surface area contributed by atoms with E-state index in [1.165, 1.54) is 0 Å². The van der Waals surface area contributed by atoms with Crippen LogP contribution in [0.25, 0.3) is 0 Å². The number of rotatable bonds is 10. The summed E-state index contributed by atoms with van der Waals surface area (Å²) in [7, 11) is 0. The van der Waals surface area contributed by atoms with Gasteiger partial charge < -0.3 is 19.5 Å². The zero-order valence-electron chi connectivity index (χ0n) is 15.7. The number of para-hydroxylation sites is 1. The van der Waals surface area contributed by atoms with Gasteiger partial charge in [-0.3, -0.25) is 4.79 Å². The highest BCUT2D eigenvalue weighted by Gasteiger charge is 2.11. The van der Waals surface area contributed by atoms with Crippen LogP contribution in [0.5, 0.6) is 11.5 Å². The lowest BCUT2D eigenvalue weighted by Crippen LogP contribution is -2.28. The Balaban J connectivity index is 1.82. The standard InChI is InChI=1S/C21H27NO4/c1-4-24-11-12-26-20-8-6-5-7-19(20)21(23)22-9-10-25-18-14-16(2)13-17(3)15-18/h5-8,13-15H,4,9-12H2,1-3H3,(H,22,23). The van der Waals surface area contributed by atoms with E-state index in [9.17, 15) is 4.79 Å². The fraction of sp³-hybridized carbons (Fsp3) is 0.381. The summed E-state index contributed by atoms with van der Waals surface area (Å²) in [6.07, 6.45) is 0. The van der Waals surface area contributed by atoms with E-state index in [-0.39, 0.29) is 5.91 Å². The van der Waals surface area contributed by atoms with Gasteiger partial charge in [0.1, 0.15) is 24.7 Å². The first-order valence-electron chi connectivity index (χ1n) is 8.89. The first-order valence-corrected chi connectivity index (χ1v) is 8.89. The van der Waals surface area contributed by atoms with Gasteiger partial charge in [0.15, 0.2) is 0 Å². The number of amides is 1. The Labute approximate surface area is 155 Å². The Morgan fingerprint density at radius 3 is 2.42 bits per heavy atom. The number of nitrogens with one attached hydrogen (secondary N) is 1. The van der Waals surface area contributed by atoms with E-state index < -0.39 is 0 Å². The molecule has 5 heteroatoms. The van der Waals surface area contributed by atoms with E-state index in [0.29, 0.717) is 44.3 Å². The van der Waals surface area contributed by atoms with Crippen LogP contribution in [0.2, 0.25) is 0 Å². The topological polar surface area (TPSA) is 56.8 Å². The molecule has 2 aromatic rings. The number of hydrogen-bond donors (Lipinski definition) is 1. The van der Waals surface area contributed by atoms with Crippen LogP contribution >= 0.6 is 0 Å². The maximum Gasteiger partial charge on any atom is 0.255 e. The third-order valence-electron chi connectivity index (χ3n) is 3.67. The van der Waals surface area contributed by atoms with Crippen LogP contribution in [-0.4, -0.2) is 38.9 Å². The summed E-state index contributed by atoms with van der Waals surface area (Å²) in [5.74, 6) is 1.19. The van der Waals surface area contributed by atoms with Crippen molar-refractivity contribution in [3.8, 4) is 11.5 Å². The molecule has 0 spiro atoms. The predicted octanol–water partition coefficient (Wildman–Crippen LogP) is 3.53. The quantitative estimate of drug-likeness (QED) is 0.661. The van der Waals surface area contributed by atoms with Crippen LogP contribution in [0.4, 0.5) is 0 Å². The summed E-state index contributed by atoms with van der Waals surface area (Å²) >= 11 is 0. The number of carbonyl (C=O) groups excluding carboxylic acids is 1. The molecule has 2 rings (SSSR count). The van der Waals surface area contributed by atoms with Crippen LogP contribution in [-0.2, 0) is 4.74 Å². The van der Waals surface area contributed by atoms with Gasteiger partial charge in [0, 0.05) is 6.61 Å². The molecule has 140 valence electrons. The fourth-order valence-corrected chi connectivity index (χ4v) is 2.58. The van der Waals surface area contributed by atoms with Gasteiger partial charge in [-0.25, -0.2) is 0 Å². The molecular formula is C21H27NO4. The van der Waals surface area contributed by atoms with Crippen molar-refractivity contribution >= 4 is 5.91 Å². The molecule has 0 saturated heterocycles. The molecule has 26 heavy (non-hydrogen) atoms. The second-order valence-corrected chi connectivity index (χ2v) is 5.97. The molecule has 0 unspecified atom stereocenters. The van der Waals surface area contributed by atoms with Crippen molar-refractivity contribution in [2.75, 3.05) is 33.0 Å². The molecule has 0 aliphatic heterocycles. The Morgan fingerprint density at radius 1 is 0.962 bits per heavy atom. The largest absolute Gasteiger partial charge is 0.492 e. The minimum Gasteiger partial charge on any atom is -0.492 e. The Kier molecular flexibility index (Phi) is 7.96. The lowest BCUT2D eigenvalue weighted by molar-refractivity contribution is 0.0930. The number of aryl methyl sites for hydroxylation is 2. The van der Waals surface area contributed by atoms with E-state index in [1.54, 1.807) is 12.1 Å². The molecule has 5 nitrogen and oxygen atoms in total. The third-order valence-corrected chi connectivity index (χ3v) is 3.67. The van der Waals surface area contributed by atoms with Crippen molar-refractivity contribution in [2.45, 2.75) is 20.8 Å². The van der Waals surface area contributed by atoms with Crippen molar-refractivity contribution in [3.63, 3.8) is 0 Å². The monoisotopic (exact) mass is 357 g/mol. The van der Waals surface area contributed by atoms with Crippen LogP contribution in [0.3, 0.4) is 0 Å². The number of benzene rings is 2. The molecule has 0 atom stereocenters. The summed E-state index contributed by atoms with van der Waals surface area (Å²) in [6.45, 7) is 8.37. The van der Waals surface area contributed by atoms with E-state index in [4.69, 9.17) is 14.2 Å². The van der Waals surface area contributed by atoms with E-state index >= 15 is 0 Å². The molecule has 2 aromatic carbocycles. The van der Waals surface area contributed by atoms with Gasteiger partial charge in [-0.2, -0.15) is 0 Å². The van der Waals surface area contributed by atoms with Crippen LogP contribution in [0.1, 0.15) is 28.4 Å². The smallest absolute Gasteiger partial charge is 0.255 e. The highest BCUT2D eigenvalue weighted by Crippen LogP contribution is 2.18. The van der Waals surface area contributed by atoms with Gasteiger partial charge >= 0.3 is 0 Å². The van der Waals surface area contributed by atoms with Gasteiger partial charge in [-0.1, -0.05) is 18.2 Å². The Morgan fingerprint density at radius 2 is 1.69 bits per heavy atom. The van der Waals surface area contributed by atoms with E-state index in [0.717, 1.165) is 16.9 Å². The second kappa shape index (κ2) is 10.5. The van der Waals surface area contributed by atoms with Crippen molar-refractivity contribution in [3.05, 3.63) is 59.2 Å². The number of ether oxygens (including phenoxy) is 3. The summed E-state index contributed by atoms with van der Waals surface area (Å²) in [6, 6.07) is 13.2. The zero-order chi connectivity index (χ0) is 18.8. The lowest BCUT2D eigenvalue weighted by Gasteiger charge is -2.12. The van der Waals surface area contributed by atoms with Gasteiger partial charge in [-0.15, -0.1) is 0 Å². The molecule has 0 fully saturated rings. The van der Waals surface area contributed by atoms with Crippen molar-refractivity contribution in [1.82, 2.24) is 5.32 Å². The summed E-state index contributed by atoms with van der Waals surface area (Å²) in [5.41, 5.74) is 2.82. The summed E-state index contributed by atoms with van der Waals surface area (Å²) in [4.78, 5) is 12.4. The van der Waals surface area contributed by atoms with Crippen LogP contribution in [0, 0.1) is 13.8 Å². The molecule has 1 N–H and O–H groups in total. The highest BCUT2D eigenvalue weighted by atomic mass is 16.5. The average Bonchev–Trinajstić information content (AvgIpc) is 2.62.